The van der Waals surface area contributed by atoms with Gasteiger partial charge in [-0.15, -0.1) is 0 Å². The van der Waals surface area contributed by atoms with E-state index in [1.165, 1.54) is 5.69 Å². The van der Waals surface area contributed by atoms with Crippen molar-refractivity contribution in [2.24, 2.45) is 5.73 Å². The predicted octanol–water partition coefficient (Wildman–Crippen LogP) is 2.38. The number of hydrogen-bond donors (Lipinski definition) is 1. The van der Waals surface area contributed by atoms with Crippen LogP contribution in [-0.4, -0.2) is 17.7 Å². The molecular formula is C14H18N2O. The molecule has 0 aliphatic rings. The van der Waals surface area contributed by atoms with Crippen LogP contribution in [0.3, 0.4) is 0 Å². The molecule has 0 saturated heterocycles. The zero-order chi connectivity index (χ0) is 12.1. The lowest BCUT2D eigenvalue weighted by Crippen LogP contribution is -2.07. The average Bonchev–Trinajstić information content (AvgIpc) is 2.79. The predicted molar refractivity (Wildman–Crippen MR) is 69.7 cm³/mol. The van der Waals surface area contributed by atoms with Gasteiger partial charge in [0.2, 0.25) is 0 Å². The lowest BCUT2D eigenvalue weighted by atomic mass is 10.2. The van der Waals surface area contributed by atoms with E-state index in [9.17, 15) is 0 Å². The molecular weight excluding hydrogens is 212 g/mol. The highest BCUT2D eigenvalue weighted by atomic mass is 16.5. The molecule has 3 heteroatoms. The standard InChI is InChI=1S/C14H18N2O/c1-2-17-14-7-5-13(6-8-14)16-11-3-4-12(16)9-10-15/h3-8,11H,2,9-10,15H2,1H3. The van der Waals surface area contributed by atoms with Crippen LogP contribution < -0.4 is 10.5 Å². The smallest absolute Gasteiger partial charge is 0.119 e. The van der Waals surface area contributed by atoms with E-state index < -0.39 is 0 Å². The van der Waals surface area contributed by atoms with Gasteiger partial charge in [-0.2, -0.15) is 0 Å². The summed E-state index contributed by atoms with van der Waals surface area (Å²) in [5.74, 6) is 0.906. The van der Waals surface area contributed by atoms with Crippen LogP contribution >= 0.6 is 0 Å². The molecule has 0 aliphatic carbocycles. The molecule has 2 aromatic rings. The van der Waals surface area contributed by atoms with Crippen LogP contribution in [0.2, 0.25) is 0 Å². The Kier molecular flexibility index (Phi) is 3.83. The molecule has 0 saturated carbocycles. The number of aromatic nitrogens is 1. The topological polar surface area (TPSA) is 40.2 Å². The van der Waals surface area contributed by atoms with E-state index in [4.69, 9.17) is 10.5 Å². The normalized spacial score (nSPS) is 10.5. The molecule has 0 bridgehead atoms. The minimum atomic E-state index is 0.668. The second-order valence-corrected chi connectivity index (χ2v) is 3.84. The molecule has 0 spiro atoms. The van der Waals surface area contributed by atoms with Crippen molar-refractivity contribution >= 4 is 0 Å². The molecule has 90 valence electrons. The number of rotatable bonds is 5. The fourth-order valence-electron chi connectivity index (χ4n) is 1.89. The van der Waals surface area contributed by atoms with E-state index in [0.717, 1.165) is 17.9 Å². The van der Waals surface area contributed by atoms with Crippen LogP contribution in [0.5, 0.6) is 5.75 Å². The van der Waals surface area contributed by atoms with Crippen LogP contribution in [0.15, 0.2) is 42.6 Å². The molecule has 0 radical (unpaired) electrons. The first-order valence-electron chi connectivity index (χ1n) is 5.94. The molecule has 3 nitrogen and oxygen atoms in total. The molecule has 1 aromatic carbocycles. The van der Waals surface area contributed by atoms with E-state index in [0.29, 0.717) is 13.2 Å². The van der Waals surface area contributed by atoms with E-state index in [-0.39, 0.29) is 0 Å². The first-order valence-corrected chi connectivity index (χ1v) is 5.94. The van der Waals surface area contributed by atoms with Gasteiger partial charge in [-0.3, -0.25) is 0 Å². The molecule has 1 aromatic heterocycles. The first kappa shape index (κ1) is 11.7. The number of hydrogen-bond acceptors (Lipinski definition) is 2. The molecule has 1 heterocycles. The Labute approximate surface area is 102 Å². The third kappa shape index (κ3) is 2.68. The molecule has 0 fully saturated rings. The third-order valence-corrected chi connectivity index (χ3v) is 2.66. The second-order valence-electron chi connectivity index (χ2n) is 3.84. The average molecular weight is 230 g/mol. The highest BCUT2D eigenvalue weighted by molar-refractivity contribution is 5.39. The van der Waals surface area contributed by atoms with E-state index in [1.807, 2.05) is 25.1 Å². The Hall–Kier alpha value is -1.74. The summed E-state index contributed by atoms with van der Waals surface area (Å²) in [4.78, 5) is 0. The fourth-order valence-corrected chi connectivity index (χ4v) is 1.89. The van der Waals surface area contributed by atoms with Gasteiger partial charge in [0.1, 0.15) is 5.75 Å². The van der Waals surface area contributed by atoms with Crippen LogP contribution in [0.25, 0.3) is 5.69 Å². The zero-order valence-corrected chi connectivity index (χ0v) is 10.1. The van der Waals surface area contributed by atoms with Gasteiger partial charge in [0.15, 0.2) is 0 Å². The molecule has 17 heavy (non-hydrogen) atoms. The van der Waals surface area contributed by atoms with E-state index >= 15 is 0 Å². The Morgan fingerprint density at radius 3 is 2.59 bits per heavy atom. The van der Waals surface area contributed by atoms with Gasteiger partial charge in [0.25, 0.3) is 0 Å². The summed E-state index contributed by atoms with van der Waals surface area (Å²) in [5.41, 5.74) is 7.97. The molecule has 0 unspecified atom stereocenters. The highest BCUT2D eigenvalue weighted by Crippen LogP contribution is 2.17. The van der Waals surface area contributed by atoms with Crippen LogP contribution in [0.4, 0.5) is 0 Å². The Balaban J connectivity index is 2.23. The van der Waals surface area contributed by atoms with Gasteiger partial charge in [-0.05, 0) is 49.9 Å². The largest absolute Gasteiger partial charge is 0.494 e. The van der Waals surface area contributed by atoms with Crippen molar-refractivity contribution in [1.29, 1.82) is 0 Å². The summed E-state index contributed by atoms with van der Waals surface area (Å²) in [7, 11) is 0. The van der Waals surface area contributed by atoms with Crippen LogP contribution in [0.1, 0.15) is 12.6 Å². The van der Waals surface area contributed by atoms with Crippen molar-refractivity contribution in [1.82, 2.24) is 4.57 Å². The zero-order valence-electron chi connectivity index (χ0n) is 10.1. The van der Waals surface area contributed by atoms with Gasteiger partial charge in [-0.1, -0.05) is 0 Å². The quantitative estimate of drug-likeness (QED) is 0.856. The third-order valence-electron chi connectivity index (χ3n) is 2.66. The summed E-state index contributed by atoms with van der Waals surface area (Å²) in [6.45, 7) is 3.35. The number of nitrogens with zero attached hydrogens (tertiary/aromatic N) is 1. The van der Waals surface area contributed by atoms with E-state index in [2.05, 4.69) is 29.0 Å². The number of benzene rings is 1. The van der Waals surface area contributed by atoms with Gasteiger partial charge in [-0.25, -0.2) is 0 Å². The second kappa shape index (κ2) is 5.55. The van der Waals surface area contributed by atoms with Crippen molar-refractivity contribution in [2.45, 2.75) is 13.3 Å². The summed E-state index contributed by atoms with van der Waals surface area (Å²) in [6.07, 6.45) is 2.95. The van der Waals surface area contributed by atoms with Crippen LogP contribution in [0, 0.1) is 0 Å². The number of ether oxygens (including phenoxy) is 1. The van der Waals surface area contributed by atoms with Crippen molar-refractivity contribution < 1.29 is 4.74 Å². The maximum Gasteiger partial charge on any atom is 0.119 e. The van der Waals surface area contributed by atoms with Crippen molar-refractivity contribution in [3.8, 4) is 11.4 Å². The monoisotopic (exact) mass is 230 g/mol. The summed E-state index contributed by atoms with van der Waals surface area (Å²) in [6, 6.07) is 12.2. The Morgan fingerprint density at radius 2 is 1.94 bits per heavy atom. The fraction of sp³-hybridized carbons (Fsp3) is 0.286. The maximum absolute atomic E-state index is 5.60. The van der Waals surface area contributed by atoms with Crippen molar-refractivity contribution in [3.63, 3.8) is 0 Å². The van der Waals surface area contributed by atoms with Gasteiger partial charge < -0.3 is 15.0 Å². The molecule has 2 rings (SSSR count). The SMILES string of the molecule is CCOc1ccc(-n2cccc2CCN)cc1. The van der Waals surface area contributed by atoms with Crippen LogP contribution in [-0.2, 0) is 6.42 Å². The Bertz CT molecular complexity index is 459. The lowest BCUT2D eigenvalue weighted by molar-refractivity contribution is 0.340. The first-order chi connectivity index (χ1) is 8.35. The Morgan fingerprint density at radius 1 is 1.18 bits per heavy atom. The lowest BCUT2D eigenvalue weighted by Gasteiger charge is -2.09. The van der Waals surface area contributed by atoms with E-state index in [1.54, 1.807) is 0 Å². The molecule has 0 atom stereocenters. The molecule has 2 N–H and O–H groups in total. The van der Waals surface area contributed by atoms with Crippen molar-refractivity contribution in [2.75, 3.05) is 13.2 Å². The summed E-state index contributed by atoms with van der Waals surface area (Å²) < 4.78 is 7.58. The minimum Gasteiger partial charge on any atom is -0.494 e. The molecule has 0 amide bonds. The van der Waals surface area contributed by atoms with Gasteiger partial charge in [0.05, 0.1) is 6.61 Å². The summed E-state index contributed by atoms with van der Waals surface area (Å²) >= 11 is 0. The summed E-state index contributed by atoms with van der Waals surface area (Å²) in [5, 5.41) is 0. The van der Waals surface area contributed by atoms with Gasteiger partial charge in [0, 0.05) is 24.0 Å². The van der Waals surface area contributed by atoms with Gasteiger partial charge >= 0.3 is 0 Å². The highest BCUT2D eigenvalue weighted by Gasteiger charge is 2.02. The molecule has 0 aliphatic heterocycles. The maximum atomic E-state index is 5.60. The number of nitrogens with two attached hydrogens (primary N) is 1. The van der Waals surface area contributed by atoms with Crippen molar-refractivity contribution in [3.05, 3.63) is 48.3 Å². The minimum absolute atomic E-state index is 0.668.